The molecule has 0 saturated carbocycles. The Balaban J connectivity index is 2.23. The zero-order chi connectivity index (χ0) is 21.7. The molecule has 0 atom stereocenters. The molecular formula is C20H19N3O3S3Si. The highest BCUT2D eigenvalue weighted by Crippen LogP contribution is 2.38. The van der Waals surface area contributed by atoms with Gasteiger partial charge in [-0.05, 0) is 54.7 Å². The Bertz CT molecular complexity index is 942. The maximum atomic E-state index is 6.13. The standard InChI is InChI=1S/C20H19N3O3S3Si/c1-24-16-26-19-10-5-9-18(17-7-3-2-4-8-17)20(19)25-11-6-12-30(21-13-27,22-14-28)23-15-29/h2-5,7-10H,6,11-12,16H2,1H3. The van der Waals surface area contributed by atoms with E-state index in [1.54, 1.807) is 7.11 Å². The number of hydrogen-bond donors (Lipinski definition) is 0. The van der Waals surface area contributed by atoms with Gasteiger partial charge in [0.1, 0.15) is 0 Å². The Morgan fingerprint density at radius 2 is 1.53 bits per heavy atom. The quantitative estimate of drug-likeness (QED) is 0.136. The van der Waals surface area contributed by atoms with Crippen molar-refractivity contribution >= 4 is 60.7 Å². The minimum Gasteiger partial charge on any atom is -0.489 e. The maximum absolute atomic E-state index is 6.13. The van der Waals surface area contributed by atoms with Crippen molar-refractivity contribution in [2.45, 2.75) is 12.5 Å². The van der Waals surface area contributed by atoms with Gasteiger partial charge in [0, 0.05) is 18.7 Å². The van der Waals surface area contributed by atoms with Gasteiger partial charge in [-0.3, -0.25) is 0 Å². The summed E-state index contributed by atoms with van der Waals surface area (Å²) in [6.45, 7) is 0.482. The van der Waals surface area contributed by atoms with Gasteiger partial charge in [0.25, 0.3) is 0 Å². The van der Waals surface area contributed by atoms with Gasteiger partial charge in [0.05, 0.1) is 22.1 Å². The largest absolute Gasteiger partial charge is 0.489 e. The van der Waals surface area contributed by atoms with Crippen molar-refractivity contribution in [3.63, 3.8) is 0 Å². The van der Waals surface area contributed by atoms with E-state index in [2.05, 4.69) is 29.5 Å². The molecule has 0 fully saturated rings. The molecule has 0 bridgehead atoms. The highest BCUT2D eigenvalue weighted by atomic mass is 32.1. The predicted octanol–water partition coefficient (Wildman–Crippen LogP) is 5.35. The van der Waals surface area contributed by atoms with E-state index in [1.807, 2.05) is 48.5 Å². The number of hydrogen-bond acceptors (Lipinski definition) is 9. The second-order valence-electron chi connectivity index (χ2n) is 5.89. The first kappa shape index (κ1) is 23.9. The molecule has 154 valence electrons. The molecule has 0 aliphatic carbocycles. The molecule has 2 aromatic carbocycles. The molecule has 2 rings (SSSR count). The van der Waals surface area contributed by atoms with Crippen molar-refractivity contribution < 1.29 is 14.2 Å². The first-order chi connectivity index (χ1) is 14.7. The lowest BCUT2D eigenvalue weighted by Crippen LogP contribution is -2.28. The number of isothiocyanates is 3. The van der Waals surface area contributed by atoms with Crippen molar-refractivity contribution in [2.75, 3.05) is 20.5 Å². The van der Waals surface area contributed by atoms with Crippen molar-refractivity contribution in [1.29, 1.82) is 0 Å². The molecule has 0 radical (unpaired) electrons. The first-order valence-corrected chi connectivity index (χ1v) is 12.2. The number of rotatable bonds is 12. The maximum Gasteiger partial charge on any atom is 0.461 e. The molecule has 0 unspecified atom stereocenters. The fourth-order valence-corrected chi connectivity index (χ4v) is 5.55. The summed E-state index contributed by atoms with van der Waals surface area (Å²) in [7, 11) is -1.38. The van der Waals surface area contributed by atoms with Gasteiger partial charge in [-0.25, -0.2) is 14.0 Å². The summed E-state index contributed by atoms with van der Waals surface area (Å²) in [5, 5.41) is 7.01. The molecule has 0 saturated heterocycles. The van der Waals surface area contributed by atoms with Crippen molar-refractivity contribution in [3.05, 3.63) is 48.5 Å². The summed E-state index contributed by atoms with van der Waals surface area (Å²) >= 11 is 14.2. The van der Waals surface area contributed by atoms with Crippen LogP contribution in [0.15, 0.2) is 62.5 Å². The first-order valence-electron chi connectivity index (χ1n) is 8.89. The number of nitrogens with zero attached hydrogens (tertiary/aromatic N) is 3. The van der Waals surface area contributed by atoms with Gasteiger partial charge in [-0.2, -0.15) is 0 Å². The number of thiocarbonyl (C=S) groups is 3. The molecule has 30 heavy (non-hydrogen) atoms. The normalized spacial score (nSPS) is 11.8. The van der Waals surface area contributed by atoms with Crippen LogP contribution < -0.4 is 9.47 Å². The van der Waals surface area contributed by atoms with Crippen molar-refractivity contribution in [3.8, 4) is 22.6 Å². The average Bonchev–Trinajstić information content (AvgIpc) is 2.77. The van der Waals surface area contributed by atoms with Gasteiger partial charge < -0.3 is 14.2 Å². The monoisotopic (exact) mass is 473 g/mol. The summed E-state index contributed by atoms with van der Waals surface area (Å²) in [6.07, 6.45) is 0.584. The molecule has 6 nitrogen and oxygen atoms in total. The molecule has 0 aromatic heterocycles. The molecule has 0 amide bonds. The van der Waals surface area contributed by atoms with Crippen LogP contribution in [0, 0.1) is 0 Å². The molecule has 0 N–H and O–H groups in total. The average molecular weight is 474 g/mol. The molecular weight excluding hydrogens is 455 g/mol. The minimum atomic E-state index is -2.95. The minimum absolute atomic E-state index is 0.112. The van der Waals surface area contributed by atoms with Crippen LogP contribution in [0.5, 0.6) is 11.5 Å². The predicted molar refractivity (Wildman–Crippen MR) is 130 cm³/mol. The van der Waals surface area contributed by atoms with E-state index in [0.29, 0.717) is 30.6 Å². The second-order valence-corrected chi connectivity index (χ2v) is 9.15. The summed E-state index contributed by atoms with van der Waals surface area (Å²) in [4.78, 5) is 0. The number of methoxy groups -OCH3 is 1. The molecule has 0 aliphatic heterocycles. The molecule has 0 heterocycles. The second kappa shape index (κ2) is 13.0. The van der Waals surface area contributed by atoms with E-state index >= 15 is 0 Å². The molecule has 0 aliphatic rings. The van der Waals surface area contributed by atoms with E-state index in [9.17, 15) is 0 Å². The lowest BCUT2D eigenvalue weighted by atomic mass is 10.0. The van der Waals surface area contributed by atoms with Crippen LogP contribution in [-0.4, -0.2) is 44.6 Å². The van der Waals surface area contributed by atoms with E-state index in [-0.39, 0.29) is 6.79 Å². The fraction of sp³-hybridized carbons (Fsp3) is 0.250. The third-order valence-corrected chi connectivity index (χ3v) is 7.17. The Labute approximate surface area is 192 Å². The van der Waals surface area contributed by atoms with Crippen LogP contribution in [0.1, 0.15) is 6.42 Å². The highest BCUT2D eigenvalue weighted by molar-refractivity contribution is 7.78. The van der Waals surface area contributed by atoms with E-state index in [0.717, 1.165) is 11.1 Å². The SMILES string of the molecule is COCOc1cccc(-c2ccccc2)c1OCCC[Si](N=C=S)(N=C=S)N=C=S. The van der Waals surface area contributed by atoms with Gasteiger partial charge in [0.2, 0.25) is 0 Å². The van der Waals surface area contributed by atoms with Gasteiger partial charge in [-0.1, -0.05) is 42.5 Å². The van der Waals surface area contributed by atoms with Gasteiger partial charge in [-0.15, -0.1) is 0 Å². The number of para-hydroxylation sites is 1. The van der Waals surface area contributed by atoms with Crippen LogP contribution in [0.2, 0.25) is 6.04 Å². The van der Waals surface area contributed by atoms with E-state index in [4.69, 9.17) is 50.9 Å². The van der Waals surface area contributed by atoms with Crippen LogP contribution in [-0.2, 0) is 4.74 Å². The van der Waals surface area contributed by atoms with Crippen molar-refractivity contribution in [1.82, 2.24) is 0 Å². The lowest BCUT2D eigenvalue weighted by molar-refractivity contribution is 0.0487. The highest BCUT2D eigenvalue weighted by Gasteiger charge is 2.34. The van der Waals surface area contributed by atoms with Crippen LogP contribution in [0.4, 0.5) is 0 Å². The Kier molecular flexibility index (Phi) is 10.4. The van der Waals surface area contributed by atoms with E-state index < -0.39 is 8.56 Å². The Morgan fingerprint density at radius 3 is 2.13 bits per heavy atom. The number of ether oxygens (including phenoxy) is 3. The van der Waals surface area contributed by atoms with E-state index in [1.165, 1.54) is 0 Å². The smallest absolute Gasteiger partial charge is 0.461 e. The van der Waals surface area contributed by atoms with Gasteiger partial charge >= 0.3 is 8.56 Å². The van der Waals surface area contributed by atoms with Gasteiger partial charge in [0.15, 0.2) is 18.3 Å². The van der Waals surface area contributed by atoms with Crippen LogP contribution >= 0.6 is 36.7 Å². The van der Waals surface area contributed by atoms with Crippen LogP contribution in [0.3, 0.4) is 0 Å². The summed E-state index contributed by atoms with van der Waals surface area (Å²) in [5.74, 6) is 1.22. The topological polar surface area (TPSA) is 64.8 Å². The summed E-state index contributed by atoms with van der Waals surface area (Å²) < 4.78 is 29.2. The zero-order valence-electron chi connectivity index (χ0n) is 16.2. The third-order valence-electron chi connectivity index (χ3n) is 3.97. The zero-order valence-corrected chi connectivity index (χ0v) is 19.7. The van der Waals surface area contributed by atoms with Crippen LogP contribution in [0.25, 0.3) is 11.1 Å². The third kappa shape index (κ3) is 6.85. The Hall–Kier alpha value is -2.38. The molecule has 2 aromatic rings. The molecule has 10 heteroatoms. The molecule has 0 spiro atoms. The number of benzene rings is 2. The fourth-order valence-electron chi connectivity index (χ4n) is 2.69. The summed E-state index contributed by atoms with van der Waals surface area (Å²) in [5.41, 5.74) is 1.93. The Morgan fingerprint density at radius 1 is 0.867 bits per heavy atom. The lowest BCUT2D eigenvalue weighted by Gasteiger charge is -2.17. The van der Waals surface area contributed by atoms with Crippen molar-refractivity contribution in [2.24, 2.45) is 14.0 Å². The summed E-state index contributed by atoms with van der Waals surface area (Å²) in [6, 6.07) is 16.1.